The topological polar surface area (TPSA) is 21.3 Å². The molecule has 0 bridgehead atoms. The highest BCUT2D eigenvalue weighted by Crippen LogP contribution is 2.20. The third-order valence-corrected chi connectivity index (χ3v) is 3.57. The number of aryl methyl sites for hydroxylation is 2. The lowest BCUT2D eigenvalue weighted by Crippen LogP contribution is -2.29. The summed E-state index contributed by atoms with van der Waals surface area (Å²) in [6.45, 7) is 11.1. The third kappa shape index (κ3) is 4.33. The summed E-state index contributed by atoms with van der Waals surface area (Å²) in [4.78, 5) is 2.83. The first-order valence-corrected chi connectivity index (χ1v) is 6.32. The Labute approximate surface area is 96.7 Å². The summed E-state index contributed by atoms with van der Waals surface area (Å²) < 4.78 is 5.35. The second-order valence-electron chi connectivity index (χ2n) is 3.89. The van der Waals surface area contributed by atoms with E-state index in [9.17, 15) is 0 Å². The van der Waals surface area contributed by atoms with Crippen molar-refractivity contribution in [2.24, 2.45) is 0 Å². The van der Waals surface area contributed by atoms with Gasteiger partial charge in [-0.2, -0.15) is 0 Å². The number of rotatable bonds is 6. The molecule has 1 unspecified atom stereocenters. The first-order chi connectivity index (χ1) is 7.13. The van der Waals surface area contributed by atoms with Crippen molar-refractivity contribution in [1.29, 1.82) is 0 Å². The number of nitrogens with one attached hydrogen (secondary N) is 1. The third-order valence-electron chi connectivity index (χ3n) is 2.41. The molecule has 1 aromatic rings. The molecule has 1 N–H and O–H groups in total. The molecule has 3 heteroatoms. The maximum atomic E-state index is 5.35. The molecule has 0 saturated heterocycles. The normalized spacial score (nSPS) is 13.1. The van der Waals surface area contributed by atoms with Crippen LogP contribution in [0.4, 0.5) is 0 Å². The first-order valence-electron chi connectivity index (χ1n) is 5.50. The fourth-order valence-corrected chi connectivity index (χ4v) is 2.37. The van der Waals surface area contributed by atoms with Crippen molar-refractivity contribution in [3.63, 3.8) is 0 Å². The molecule has 86 valence electrons. The van der Waals surface area contributed by atoms with Crippen molar-refractivity contribution in [2.45, 2.75) is 40.3 Å². The van der Waals surface area contributed by atoms with Crippen LogP contribution >= 0.6 is 11.3 Å². The fraction of sp³-hybridized carbons (Fsp3) is 0.667. The lowest BCUT2D eigenvalue weighted by Gasteiger charge is -2.12. The van der Waals surface area contributed by atoms with Crippen molar-refractivity contribution < 1.29 is 4.74 Å². The van der Waals surface area contributed by atoms with Gasteiger partial charge in [0.2, 0.25) is 0 Å². The van der Waals surface area contributed by atoms with E-state index < -0.39 is 0 Å². The molecule has 1 atom stereocenters. The van der Waals surface area contributed by atoms with Crippen molar-refractivity contribution in [3.05, 3.63) is 21.4 Å². The Morgan fingerprint density at radius 3 is 2.73 bits per heavy atom. The molecule has 0 saturated carbocycles. The van der Waals surface area contributed by atoms with Crippen LogP contribution in [-0.2, 0) is 11.3 Å². The standard InChI is InChI=1S/C12H21NOS/c1-5-14-8-10(3)13-7-12-6-9(2)11(4)15-12/h6,10,13H,5,7-8H2,1-4H3. The molecule has 2 nitrogen and oxygen atoms in total. The van der Waals surface area contributed by atoms with E-state index in [0.717, 1.165) is 19.8 Å². The molecule has 15 heavy (non-hydrogen) atoms. The minimum absolute atomic E-state index is 0.424. The van der Waals surface area contributed by atoms with Gasteiger partial charge in [0.25, 0.3) is 0 Å². The first kappa shape index (κ1) is 12.7. The molecule has 0 fully saturated rings. The zero-order valence-corrected chi connectivity index (χ0v) is 10.9. The van der Waals surface area contributed by atoms with E-state index in [1.165, 1.54) is 15.3 Å². The van der Waals surface area contributed by atoms with Gasteiger partial charge in [-0.3, -0.25) is 0 Å². The molecule has 1 heterocycles. The summed E-state index contributed by atoms with van der Waals surface area (Å²) in [6, 6.07) is 2.69. The zero-order valence-electron chi connectivity index (χ0n) is 10.1. The molecule has 0 spiro atoms. The molecule has 0 aromatic carbocycles. The number of ether oxygens (including phenoxy) is 1. The van der Waals surface area contributed by atoms with Crippen molar-refractivity contribution in [3.8, 4) is 0 Å². The van der Waals surface area contributed by atoms with Gasteiger partial charge in [0.05, 0.1) is 6.61 Å². The van der Waals surface area contributed by atoms with Gasteiger partial charge >= 0.3 is 0 Å². The summed E-state index contributed by atoms with van der Waals surface area (Å²) in [5.41, 5.74) is 1.40. The molecule has 0 amide bonds. The Kier molecular flexibility index (Phi) is 5.29. The molecule has 1 rings (SSSR count). The Balaban J connectivity index is 2.30. The van der Waals surface area contributed by atoms with Crippen LogP contribution in [0, 0.1) is 13.8 Å². The summed E-state index contributed by atoms with van der Waals surface area (Å²) in [5.74, 6) is 0. The quantitative estimate of drug-likeness (QED) is 0.807. The molecular formula is C12H21NOS. The lowest BCUT2D eigenvalue weighted by atomic mass is 10.3. The maximum Gasteiger partial charge on any atom is 0.0616 e. The largest absolute Gasteiger partial charge is 0.380 e. The Bertz CT molecular complexity index is 276. The van der Waals surface area contributed by atoms with Crippen molar-refractivity contribution in [2.75, 3.05) is 13.2 Å². The number of thiophene rings is 1. The second kappa shape index (κ2) is 6.26. The van der Waals surface area contributed by atoms with E-state index in [-0.39, 0.29) is 0 Å². The van der Waals surface area contributed by atoms with Crippen LogP contribution in [-0.4, -0.2) is 19.3 Å². The molecule has 0 radical (unpaired) electrons. The average Bonchev–Trinajstić information content (AvgIpc) is 2.52. The van der Waals surface area contributed by atoms with Gasteiger partial charge in [-0.05, 0) is 39.3 Å². The molecular weight excluding hydrogens is 206 g/mol. The number of hydrogen-bond acceptors (Lipinski definition) is 3. The predicted octanol–water partition coefficient (Wildman–Crippen LogP) is 2.88. The van der Waals surface area contributed by atoms with Gasteiger partial charge in [-0.1, -0.05) is 0 Å². The molecule has 1 aromatic heterocycles. The van der Waals surface area contributed by atoms with Gasteiger partial charge < -0.3 is 10.1 Å². The highest BCUT2D eigenvalue weighted by atomic mass is 32.1. The van der Waals surface area contributed by atoms with Gasteiger partial charge in [-0.15, -0.1) is 11.3 Å². The number of hydrogen-bond donors (Lipinski definition) is 1. The molecule has 0 aliphatic carbocycles. The summed E-state index contributed by atoms with van der Waals surface area (Å²) in [7, 11) is 0. The minimum atomic E-state index is 0.424. The smallest absolute Gasteiger partial charge is 0.0616 e. The Morgan fingerprint density at radius 2 is 2.20 bits per heavy atom. The van der Waals surface area contributed by atoms with E-state index in [4.69, 9.17) is 4.74 Å². The van der Waals surface area contributed by atoms with Crippen LogP contribution in [0.5, 0.6) is 0 Å². The minimum Gasteiger partial charge on any atom is -0.380 e. The van der Waals surface area contributed by atoms with Crippen LogP contribution in [0.15, 0.2) is 6.07 Å². The van der Waals surface area contributed by atoms with Crippen LogP contribution in [0.25, 0.3) is 0 Å². The highest BCUT2D eigenvalue weighted by Gasteiger charge is 2.04. The molecule has 0 aliphatic heterocycles. The van der Waals surface area contributed by atoms with E-state index in [1.54, 1.807) is 0 Å². The fourth-order valence-electron chi connectivity index (χ4n) is 1.37. The van der Waals surface area contributed by atoms with Crippen molar-refractivity contribution >= 4 is 11.3 Å². The predicted molar refractivity (Wildman–Crippen MR) is 66.6 cm³/mol. The SMILES string of the molecule is CCOCC(C)NCc1cc(C)c(C)s1. The van der Waals surface area contributed by atoms with Gasteiger partial charge in [0.1, 0.15) is 0 Å². The zero-order chi connectivity index (χ0) is 11.3. The van der Waals surface area contributed by atoms with Crippen LogP contribution < -0.4 is 5.32 Å². The monoisotopic (exact) mass is 227 g/mol. The molecule has 0 aliphatic rings. The Morgan fingerprint density at radius 1 is 1.47 bits per heavy atom. The van der Waals surface area contributed by atoms with E-state index in [1.807, 2.05) is 18.3 Å². The maximum absolute atomic E-state index is 5.35. The Hall–Kier alpha value is -0.380. The van der Waals surface area contributed by atoms with Gasteiger partial charge in [0, 0.05) is 28.9 Å². The van der Waals surface area contributed by atoms with Crippen LogP contribution in [0.1, 0.15) is 29.2 Å². The van der Waals surface area contributed by atoms with Gasteiger partial charge in [-0.25, -0.2) is 0 Å². The summed E-state index contributed by atoms with van der Waals surface area (Å²) in [6.07, 6.45) is 0. The summed E-state index contributed by atoms with van der Waals surface area (Å²) in [5, 5.41) is 3.46. The summed E-state index contributed by atoms with van der Waals surface area (Å²) >= 11 is 1.88. The van der Waals surface area contributed by atoms with Crippen LogP contribution in [0.2, 0.25) is 0 Å². The van der Waals surface area contributed by atoms with E-state index in [2.05, 4.69) is 32.2 Å². The van der Waals surface area contributed by atoms with Gasteiger partial charge in [0.15, 0.2) is 0 Å². The van der Waals surface area contributed by atoms with E-state index in [0.29, 0.717) is 6.04 Å². The average molecular weight is 227 g/mol. The highest BCUT2D eigenvalue weighted by molar-refractivity contribution is 7.12. The van der Waals surface area contributed by atoms with Crippen LogP contribution in [0.3, 0.4) is 0 Å². The van der Waals surface area contributed by atoms with Crippen molar-refractivity contribution in [1.82, 2.24) is 5.32 Å². The lowest BCUT2D eigenvalue weighted by molar-refractivity contribution is 0.127. The van der Waals surface area contributed by atoms with E-state index >= 15 is 0 Å². The second-order valence-corrected chi connectivity index (χ2v) is 5.23.